The summed E-state index contributed by atoms with van der Waals surface area (Å²) in [6.07, 6.45) is 4.83. The van der Waals surface area contributed by atoms with E-state index in [9.17, 15) is 19.2 Å². The molecule has 3 amide bonds. The monoisotopic (exact) mass is 575 g/mol. The summed E-state index contributed by atoms with van der Waals surface area (Å²) in [4.78, 5) is 54.3. The van der Waals surface area contributed by atoms with Crippen LogP contribution >= 0.6 is 0 Å². The van der Waals surface area contributed by atoms with Crippen LogP contribution < -0.4 is 10.6 Å². The number of carbonyl (C=O) groups excluding carboxylic acids is 4. The molecular weight excluding hydrogens is 522 g/mol. The van der Waals surface area contributed by atoms with Crippen molar-refractivity contribution in [3.8, 4) is 0 Å². The van der Waals surface area contributed by atoms with Gasteiger partial charge in [-0.05, 0) is 52.5 Å². The molecule has 9 heteroatoms. The minimum atomic E-state index is -0.941. The molecule has 0 aliphatic carbocycles. The van der Waals surface area contributed by atoms with Gasteiger partial charge in [0.25, 0.3) is 0 Å². The first-order valence-electron chi connectivity index (χ1n) is 15.1. The van der Waals surface area contributed by atoms with E-state index < -0.39 is 29.7 Å². The van der Waals surface area contributed by atoms with Gasteiger partial charge < -0.3 is 25.0 Å². The summed E-state index contributed by atoms with van der Waals surface area (Å²) in [6, 6.07) is 5.69. The van der Waals surface area contributed by atoms with Crippen LogP contribution in [0.5, 0.6) is 0 Å². The highest BCUT2D eigenvalue weighted by molar-refractivity contribution is 5.92. The zero-order chi connectivity index (χ0) is 31.0. The largest absolute Gasteiger partial charge is 0.466 e. The molecule has 3 unspecified atom stereocenters. The third-order valence-corrected chi connectivity index (χ3v) is 6.82. The Morgan fingerprint density at radius 3 is 2.15 bits per heavy atom. The van der Waals surface area contributed by atoms with E-state index >= 15 is 0 Å². The van der Waals surface area contributed by atoms with Crippen molar-refractivity contribution >= 4 is 23.9 Å². The zero-order valence-corrected chi connectivity index (χ0v) is 26.5. The van der Waals surface area contributed by atoms with Crippen molar-refractivity contribution in [3.05, 3.63) is 35.4 Å². The molecule has 0 heterocycles. The highest BCUT2D eigenvalue weighted by Gasteiger charge is 2.37. The van der Waals surface area contributed by atoms with Crippen LogP contribution in [0.15, 0.2) is 24.3 Å². The van der Waals surface area contributed by atoms with Crippen LogP contribution in [0, 0.1) is 12.8 Å². The predicted octanol–water partition coefficient (Wildman–Crippen LogP) is 5.84. The quantitative estimate of drug-likeness (QED) is 0.178. The third-order valence-electron chi connectivity index (χ3n) is 6.82. The van der Waals surface area contributed by atoms with Gasteiger partial charge in [0.2, 0.25) is 11.8 Å². The fraction of sp³-hybridized carbons (Fsp3) is 0.688. The standard InChI is InChI=1S/C32H53N3O6/c1-9-12-13-14-15-22-35(30(38)27(24(5)10-2)34-31(39)41-32(6,7)8)28(25-18-16-23(4)17-19-25)29(37)33-21-20-26(36)40-11-3/h16-19,24,27-28H,9-15,20-22H2,1-8H3,(H,33,37)(H,34,39). The number of esters is 1. The first-order chi connectivity index (χ1) is 19.3. The van der Waals surface area contributed by atoms with Crippen LogP contribution in [0.3, 0.4) is 0 Å². The van der Waals surface area contributed by atoms with E-state index in [0.29, 0.717) is 24.9 Å². The number of hydrogen-bond acceptors (Lipinski definition) is 6. The molecule has 41 heavy (non-hydrogen) atoms. The fourth-order valence-electron chi connectivity index (χ4n) is 4.39. The van der Waals surface area contributed by atoms with Crippen LogP contribution in [0.1, 0.15) is 111 Å². The highest BCUT2D eigenvalue weighted by Crippen LogP contribution is 2.26. The Labute approximate surface area is 247 Å². The van der Waals surface area contributed by atoms with Gasteiger partial charge in [-0.1, -0.05) is 82.7 Å². The lowest BCUT2D eigenvalue weighted by Gasteiger charge is -2.36. The summed E-state index contributed by atoms with van der Waals surface area (Å²) in [6.45, 7) is 15.7. The van der Waals surface area contributed by atoms with Gasteiger partial charge in [0, 0.05) is 13.1 Å². The molecule has 3 atom stereocenters. The van der Waals surface area contributed by atoms with E-state index in [1.807, 2.05) is 45.0 Å². The summed E-state index contributed by atoms with van der Waals surface area (Å²) in [5.74, 6) is -1.34. The van der Waals surface area contributed by atoms with E-state index in [2.05, 4.69) is 17.6 Å². The number of carbonyl (C=O) groups is 4. The first kappa shape index (κ1) is 35.9. The van der Waals surface area contributed by atoms with Gasteiger partial charge in [0.15, 0.2) is 0 Å². The Hall–Kier alpha value is -3.10. The van der Waals surface area contributed by atoms with Crippen molar-refractivity contribution in [3.63, 3.8) is 0 Å². The first-order valence-corrected chi connectivity index (χ1v) is 15.1. The molecule has 1 rings (SSSR count). The lowest BCUT2D eigenvalue weighted by atomic mass is 9.95. The zero-order valence-electron chi connectivity index (χ0n) is 26.5. The number of nitrogens with zero attached hydrogens (tertiary/aromatic N) is 1. The highest BCUT2D eigenvalue weighted by atomic mass is 16.6. The molecule has 0 saturated heterocycles. The molecule has 9 nitrogen and oxygen atoms in total. The normalized spacial score (nSPS) is 13.5. The molecule has 0 aromatic heterocycles. The minimum Gasteiger partial charge on any atom is -0.466 e. The van der Waals surface area contributed by atoms with E-state index in [-0.39, 0.29) is 37.3 Å². The number of ether oxygens (including phenoxy) is 2. The molecule has 1 aromatic rings. The number of aryl methyl sites for hydroxylation is 1. The Balaban J connectivity index is 3.44. The lowest BCUT2D eigenvalue weighted by molar-refractivity contribution is -0.145. The molecule has 0 aliphatic heterocycles. The summed E-state index contributed by atoms with van der Waals surface area (Å²) in [7, 11) is 0. The van der Waals surface area contributed by atoms with Gasteiger partial charge in [-0.3, -0.25) is 14.4 Å². The molecule has 0 bridgehead atoms. The smallest absolute Gasteiger partial charge is 0.408 e. The molecule has 0 radical (unpaired) electrons. The van der Waals surface area contributed by atoms with Crippen molar-refractivity contribution < 1.29 is 28.7 Å². The summed E-state index contributed by atoms with van der Waals surface area (Å²) in [5.41, 5.74) is 0.957. The van der Waals surface area contributed by atoms with Crippen LogP contribution in [0.4, 0.5) is 4.79 Å². The van der Waals surface area contributed by atoms with Crippen molar-refractivity contribution in [1.82, 2.24) is 15.5 Å². The molecule has 0 saturated carbocycles. The van der Waals surface area contributed by atoms with Gasteiger partial charge in [-0.25, -0.2) is 4.79 Å². The van der Waals surface area contributed by atoms with Crippen molar-refractivity contribution in [1.29, 1.82) is 0 Å². The van der Waals surface area contributed by atoms with Gasteiger partial charge in [-0.2, -0.15) is 0 Å². The Bertz CT molecular complexity index is 957. The number of rotatable bonds is 17. The second-order valence-corrected chi connectivity index (χ2v) is 11.6. The van der Waals surface area contributed by atoms with E-state index in [0.717, 1.165) is 31.2 Å². The van der Waals surface area contributed by atoms with Crippen LogP contribution in [-0.2, 0) is 23.9 Å². The molecule has 0 fully saturated rings. The second-order valence-electron chi connectivity index (χ2n) is 11.6. The van der Waals surface area contributed by atoms with Crippen molar-refractivity contribution in [2.75, 3.05) is 19.7 Å². The van der Waals surface area contributed by atoms with Crippen LogP contribution in [0.2, 0.25) is 0 Å². The summed E-state index contributed by atoms with van der Waals surface area (Å²) in [5, 5.41) is 5.64. The molecule has 0 aliphatic rings. The number of unbranched alkanes of at least 4 members (excludes halogenated alkanes) is 4. The number of nitrogens with one attached hydrogen (secondary N) is 2. The second kappa shape index (κ2) is 18.4. The minimum absolute atomic E-state index is 0.0286. The van der Waals surface area contributed by atoms with Crippen LogP contribution in [-0.4, -0.2) is 60.1 Å². The molecule has 1 aromatic carbocycles. The van der Waals surface area contributed by atoms with Crippen molar-refractivity contribution in [2.24, 2.45) is 5.92 Å². The van der Waals surface area contributed by atoms with Gasteiger partial charge in [-0.15, -0.1) is 0 Å². The Kier molecular flexibility index (Phi) is 16.1. The molecular formula is C32H53N3O6. The lowest BCUT2D eigenvalue weighted by Crippen LogP contribution is -2.55. The Morgan fingerprint density at radius 2 is 1.59 bits per heavy atom. The third kappa shape index (κ3) is 13.4. The number of hydrogen-bond donors (Lipinski definition) is 2. The number of benzene rings is 1. The maximum Gasteiger partial charge on any atom is 0.408 e. The molecule has 2 N–H and O–H groups in total. The summed E-state index contributed by atoms with van der Waals surface area (Å²) < 4.78 is 10.5. The Morgan fingerprint density at radius 1 is 0.951 bits per heavy atom. The average Bonchev–Trinajstić information content (AvgIpc) is 2.90. The van der Waals surface area contributed by atoms with E-state index in [4.69, 9.17) is 9.47 Å². The molecule has 0 spiro atoms. The summed E-state index contributed by atoms with van der Waals surface area (Å²) >= 11 is 0. The van der Waals surface area contributed by atoms with Crippen LogP contribution in [0.25, 0.3) is 0 Å². The van der Waals surface area contributed by atoms with Crippen molar-refractivity contribution in [2.45, 2.75) is 118 Å². The number of alkyl carbamates (subject to hydrolysis) is 1. The average molecular weight is 576 g/mol. The van der Waals surface area contributed by atoms with Gasteiger partial charge in [0.1, 0.15) is 17.7 Å². The van der Waals surface area contributed by atoms with E-state index in [1.165, 1.54) is 0 Å². The SMILES string of the molecule is CCCCCCCN(C(=O)C(NC(=O)OC(C)(C)C)C(C)CC)C(C(=O)NCCC(=O)OCC)c1ccc(C)cc1. The fourth-order valence-corrected chi connectivity index (χ4v) is 4.39. The number of amides is 3. The van der Waals surface area contributed by atoms with Gasteiger partial charge >= 0.3 is 12.1 Å². The van der Waals surface area contributed by atoms with Gasteiger partial charge in [0.05, 0.1) is 13.0 Å². The topological polar surface area (TPSA) is 114 Å². The van der Waals surface area contributed by atoms with E-state index in [1.54, 1.807) is 32.6 Å². The maximum absolute atomic E-state index is 14.3. The molecule has 232 valence electrons. The maximum atomic E-state index is 14.3. The predicted molar refractivity (Wildman–Crippen MR) is 161 cm³/mol.